The van der Waals surface area contributed by atoms with Crippen molar-refractivity contribution in [2.45, 2.75) is 23.3 Å². The quantitative estimate of drug-likeness (QED) is 0.913. The zero-order chi connectivity index (χ0) is 14.5. The van der Waals surface area contributed by atoms with Crippen LogP contribution in [0.15, 0.2) is 23.1 Å². The van der Waals surface area contributed by atoms with Gasteiger partial charge in [-0.2, -0.15) is 9.57 Å². The second kappa shape index (κ2) is 4.43. The molecule has 5 nitrogen and oxygen atoms in total. The minimum Gasteiger partial charge on any atom is -0.387 e. The molecule has 7 heteroatoms. The number of rotatable bonds is 3. The molecule has 1 aliphatic heterocycles. The lowest BCUT2D eigenvalue weighted by Gasteiger charge is -2.45. The van der Waals surface area contributed by atoms with Crippen LogP contribution in [-0.2, 0) is 10.0 Å². The molecule has 0 unspecified atom stereocenters. The highest BCUT2D eigenvalue weighted by molar-refractivity contribution is 7.89. The van der Waals surface area contributed by atoms with Crippen LogP contribution < -0.4 is 0 Å². The summed E-state index contributed by atoms with van der Waals surface area (Å²) in [6.45, 7) is 0.273. The van der Waals surface area contributed by atoms with Crippen LogP contribution in [0.1, 0.15) is 18.4 Å². The molecule has 0 aromatic heterocycles. The second-order valence-corrected chi connectivity index (χ2v) is 7.75. The van der Waals surface area contributed by atoms with Gasteiger partial charge < -0.3 is 5.11 Å². The molecule has 3 rings (SSSR count). The van der Waals surface area contributed by atoms with Gasteiger partial charge in [0.05, 0.1) is 21.1 Å². The smallest absolute Gasteiger partial charge is 0.243 e. The van der Waals surface area contributed by atoms with E-state index in [9.17, 15) is 13.5 Å². The molecular weight excluding hydrogens is 300 g/mol. The molecule has 0 amide bonds. The van der Waals surface area contributed by atoms with E-state index in [-0.39, 0.29) is 34.5 Å². The van der Waals surface area contributed by atoms with E-state index in [4.69, 9.17) is 16.9 Å². The van der Waals surface area contributed by atoms with Crippen molar-refractivity contribution in [1.82, 2.24) is 4.31 Å². The first-order valence-corrected chi connectivity index (χ1v) is 8.11. The van der Waals surface area contributed by atoms with E-state index in [0.717, 1.165) is 12.8 Å². The van der Waals surface area contributed by atoms with Gasteiger partial charge in [-0.15, -0.1) is 0 Å². The lowest BCUT2D eigenvalue weighted by atomic mass is 9.91. The van der Waals surface area contributed by atoms with Crippen molar-refractivity contribution in [2.24, 2.45) is 5.92 Å². The Labute approximate surface area is 122 Å². The molecule has 2 fully saturated rings. The van der Waals surface area contributed by atoms with Crippen LogP contribution in [0.4, 0.5) is 0 Å². The summed E-state index contributed by atoms with van der Waals surface area (Å²) in [5, 5.41) is 19.1. The fourth-order valence-corrected chi connectivity index (χ4v) is 4.39. The molecule has 1 saturated heterocycles. The number of β-amino-alcohol motifs (C(OH)–C–C–N with tert-alkyl or cyclic N) is 1. The molecule has 1 aromatic carbocycles. The highest BCUT2D eigenvalue weighted by Gasteiger charge is 2.55. The van der Waals surface area contributed by atoms with Crippen LogP contribution in [0.25, 0.3) is 0 Å². The van der Waals surface area contributed by atoms with Crippen molar-refractivity contribution in [3.8, 4) is 6.07 Å². The van der Waals surface area contributed by atoms with E-state index >= 15 is 0 Å². The van der Waals surface area contributed by atoms with Crippen molar-refractivity contribution >= 4 is 21.6 Å². The summed E-state index contributed by atoms with van der Waals surface area (Å²) in [6, 6.07) is 5.93. The Morgan fingerprint density at radius 1 is 1.40 bits per heavy atom. The molecule has 1 aromatic rings. The number of sulfonamides is 1. The van der Waals surface area contributed by atoms with E-state index in [0.29, 0.717) is 0 Å². The van der Waals surface area contributed by atoms with Gasteiger partial charge in [0, 0.05) is 13.1 Å². The Morgan fingerprint density at radius 2 is 2.05 bits per heavy atom. The minimum atomic E-state index is -3.65. The van der Waals surface area contributed by atoms with Crippen LogP contribution in [0, 0.1) is 17.2 Å². The SMILES string of the molecule is N#Cc1ccc(S(=O)(=O)N2CC(O)(C3CC3)C2)cc1Cl. The third kappa shape index (κ3) is 2.11. The van der Waals surface area contributed by atoms with Crippen molar-refractivity contribution < 1.29 is 13.5 Å². The maximum absolute atomic E-state index is 12.4. The standard InChI is InChI=1S/C13H13ClN2O3S/c14-12-5-11(4-1-9(12)6-15)20(18,19)16-7-13(17,8-16)10-2-3-10/h1,4-5,10,17H,2-3,7-8H2. The van der Waals surface area contributed by atoms with Gasteiger partial charge in [-0.1, -0.05) is 11.6 Å². The van der Waals surface area contributed by atoms with Gasteiger partial charge in [0.1, 0.15) is 6.07 Å². The van der Waals surface area contributed by atoms with E-state index in [1.54, 1.807) is 0 Å². The minimum absolute atomic E-state index is 0.0550. The predicted octanol–water partition coefficient (Wildman–Crippen LogP) is 1.36. The highest BCUT2D eigenvalue weighted by Crippen LogP contribution is 2.45. The summed E-state index contributed by atoms with van der Waals surface area (Å²) in [6.07, 6.45) is 1.93. The Kier molecular flexibility index (Phi) is 3.07. The first-order chi connectivity index (χ1) is 9.37. The lowest BCUT2D eigenvalue weighted by molar-refractivity contribution is -0.0764. The Hall–Kier alpha value is -1.13. The third-order valence-corrected chi connectivity index (χ3v) is 6.04. The molecule has 1 N–H and O–H groups in total. The van der Waals surface area contributed by atoms with Crippen LogP contribution in [0.3, 0.4) is 0 Å². The molecule has 0 bridgehead atoms. The maximum atomic E-state index is 12.4. The average Bonchev–Trinajstić information content (AvgIpc) is 3.19. The molecule has 0 atom stereocenters. The summed E-state index contributed by atoms with van der Waals surface area (Å²) in [5.74, 6) is 0.235. The van der Waals surface area contributed by atoms with Crippen LogP contribution >= 0.6 is 11.6 Å². The molecule has 1 aliphatic carbocycles. The number of hydrogen-bond donors (Lipinski definition) is 1. The zero-order valence-electron chi connectivity index (χ0n) is 10.6. The molecule has 106 valence electrons. The van der Waals surface area contributed by atoms with Crippen molar-refractivity contribution in [2.75, 3.05) is 13.1 Å². The lowest BCUT2D eigenvalue weighted by Crippen LogP contribution is -2.64. The Morgan fingerprint density at radius 3 is 2.55 bits per heavy atom. The Balaban J connectivity index is 1.83. The number of aliphatic hydroxyl groups is 1. The molecule has 0 spiro atoms. The third-order valence-electron chi connectivity index (χ3n) is 3.94. The van der Waals surface area contributed by atoms with E-state index in [2.05, 4.69) is 0 Å². The molecule has 0 radical (unpaired) electrons. The summed E-state index contributed by atoms with van der Waals surface area (Å²) in [7, 11) is -3.65. The van der Waals surface area contributed by atoms with Gasteiger partial charge in [0.2, 0.25) is 10.0 Å². The normalized spacial score (nSPS) is 22.1. The number of hydrogen-bond acceptors (Lipinski definition) is 4. The molecule has 20 heavy (non-hydrogen) atoms. The summed E-state index contributed by atoms with van der Waals surface area (Å²) >= 11 is 5.86. The fraction of sp³-hybridized carbons (Fsp3) is 0.462. The van der Waals surface area contributed by atoms with Gasteiger partial charge >= 0.3 is 0 Å². The first kappa shape index (κ1) is 13.8. The summed E-state index contributed by atoms with van der Waals surface area (Å²) in [5.41, 5.74) is -0.618. The monoisotopic (exact) mass is 312 g/mol. The van der Waals surface area contributed by atoms with Gasteiger partial charge in [-0.3, -0.25) is 0 Å². The van der Waals surface area contributed by atoms with Crippen molar-refractivity contribution in [1.29, 1.82) is 5.26 Å². The number of nitrogens with zero attached hydrogens (tertiary/aromatic N) is 2. The van der Waals surface area contributed by atoms with E-state index in [1.807, 2.05) is 6.07 Å². The van der Waals surface area contributed by atoms with E-state index in [1.165, 1.54) is 22.5 Å². The largest absolute Gasteiger partial charge is 0.387 e. The average molecular weight is 313 g/mol. The molecule has 1 saturated carbocycles. The fourth-order valence-electron chi connectivity index (χ4n) is 2.51. The number of halogens is 1. The predicted molar refractivity (Wildman–Crippen MR) is 72.6 cm³/mol. The molecule has 1 heterocycles. The highest BCUT2D eigenvalue weighted by atomic mass is 35.5. The van der Waals surface area contributed by atoms with Crippen molar-refractivity contribution in [3.05, 3.63) is 28.8 Å². The number of benzene rings is 1. The van der Waals surface area contributed by atoms with Gasteiger partial charge in [0.25, 0.3) is 0 Å². The topological polar surface area (TPSA) is 81.4 Å². The van der Waals surface area contributed by atoms with Crippen LogP contribution in [-0.4, -0.2) is 36.5 Å². The van der Waals surface area contributed by atoms with Crippen LogP contribution in [0.2, 0.25) is 5.02 Å². The summed E-state index contributed by atoms with van der Waals surface area (Å²) in [4.78, 5) is 0.0550. The van der Waals surface area contributed by atoms with E-state index < -0.39 is 15.6 Å². The van der Waals surface area contributed by atoms with Crippen molar-refractivity contribution in [3.63, 3.8) is 0 Å². The molecular formula is C13H13ClN2O3S. The van der Waals surface area contributed by atoms with Crippen LogP contribution in [0.5, 0.6) is 0 Å². The molecule has 2 aliphatic rings. The Bertz CT molecular complexity index is 701. The number of nitriles is 1. The summed E-state index contributed by atoms with van der Waals surface area (Å²) < 4.78 is 26.0. The van der Waals surface area contributed by atoms with Gasteiger partial charge in [-0.05, 0) is 37.0 Å². The second-order valence-electron chi connectivity index (χ2n) is 5.40. The first-order valence-electron chi connectivity index (χ1n) is 6.29. The zero-order valence-corrected chi connectivity index (χ0v) is 12.2. The van der Waals surface area contributed by atoms with Gasteiger partial charge in [-0.25, -0.2) is 8.42 Å². The maximum Gasteiger partial charge on any atom is 0.243 e. The van der Waals surface area contributed by atoms with Gasteiger partial charge in [0.15, 0.2) is 0 Å².